The van der Waals surface area contributed by atoms with E-state index in [9.17, 15) is 24.3 Å². The Morgan fingerprint density at radius 3 is 2.14 bits per heavy atom. The Morgan fingerprint density at radius 1 is 0.898 bits per heavy atom. The lowest BCUT2D eigenvalue weighted by molar-refractivity contribution is -0.751. The van der Waals surface area contributed by atoms with Crippen molar-refractivity contribution in [1.82, 2.24) is 15.0 Å². The van der Waals surface area contributed by atoms with Gasteiger partial charge in [0, 0.05) is 11.9 Å². The number of aryl methyl sites for hydroxylation is 2. The Hall–Kier alpha value is -6.49. The van der Waals surface area contributed by atoms with E-state index in [1.54, 1.807) is 53.7 Å². The van der Waals surface area contributed by atoms with Crippen molar-refractivity contribution in [2.24, 2.45) is 12.2 Å². The van der Waals surface area contributed by atoms with Gasteiger partial charge < -0.3 is 39.0 Å². The summed E-state index contributed by atoms with van der Waals surface area (Å²) in [6.45, 7) is 11.1. The molecule has 5 aromatic rings. The third kappa shape index (κ3) is 13.0. The number of hydrogen-bond donors (Lipinski definition) is 2. The number of nitrogens with zero attached hydrogens (tertiary/aromatic N) is 4. The van der Waals surface area contributed by atoms with Crippen molar-refractivity contribution in [2.45, 2.75) is 77.9 Å². The molecule has 0 aliphatic heterocycles. The highest BCUT2D eigenvalue weighted by Gasteiger charge is 2.29. The molecule has 2 amide bonds. The molecule has 1 unspecified atom stereocenters. The van der Waals surface area contributed by atoms with Crippen LogP contribution in [0.15, 0.2) is 95.6 Å². The minimum absolute atomic E-state index is 0.0335. The minimum Gasteiger partial charge on any atom is -0.543 e. The molecule has 0 spiro atoms. The van der Waals surface area contributed by atoms with Crippen LogP contribution in [0.25, 0.3) is 10.9 Å². The van der Waals surface area contributed by atoms with Crippen LogP contribution in [0.5, 0.6) is 5.75 Å². The zero-order valence-corrected chi connectivity index (χ0v) is 34.7. The minimum atomic E-state index is -1.75. The van der Waals surface area contributed by atoms with Gasteiger partial charge in [0.05, 0.1) is 17.9 Å². The number of aromatic nitrogens is 3. The van der Waals surface area contributed by atoms with Gasteiger partial charge in [0.2, 0.25) is 6.20 Å². The van der Waals surface area contributed by atoms with E-state index in [1.165, 1.54) is 5.38 Å². The number of anilines is 1. The lowest BCUT2D eigenvalue weighted by Crippen LogP contribution is -2.39. The fraction of sp³-hybridized carbons (Fsp3) is 0.357. The molecule has 0 saturated carbocycles. The number of nitrogens with one attached hydrogen (secondary N) is 2. The average molecular weight is 829 g/mol. The van der Waals surface area contributed by atoms with Gasteiger partial charge in [-0.15, -0.1) is 16.0 Å². The molecule has 17 heteroatoms. The molecule has 0 fully saturated rings. The van der Waals surface area contributed by atoms with Crippen molar-refractivity contribution in [3.8, 4) is 5.75 Å². The predicted octanol–water partition coefficient (Wildman–Crippen LogP) is 5.44. The molecule has 0 aliphatic carbocycles. The fourth-order valence-corrected chi connectivity index (χ4v) is 6.32. The summed E-state index contributed by atoms with van der Waals surface area (Å²) in [5.74, 6) is -2.26. The van der Waals surface area contributed by atoms with Gasteiger partial charge in [-0.3, -0.25) is 5.32 Å². The second-order valence-corrected chi connectivity index (χ2v) is 16.1. The number of carboxylic acids is 1. The van der Waals surface area contributed by atoms with Gasteiger partial charge >= 0.3 is 18.2 Å². The first-order valence-electron chi connectivity index (χ1n) is 18.8. The highest BCUT2D eigenvalue weighted by molar-refractivity contribution is 7.14. The van der Waals surface area contributed by atoms with E-state index in [4.69, 9.17) is 23.8 Å². The first kappa shape index (κ1) is 43.6. The van der Waals surface area contributed by atoms with E-state index < -0.39 is 59.9 Å². The maximum atomic E-state index is 14.0. The van der Waals surface area contributed by atoms with Crippen molar-refractivity contribution in [3.63, 3.8) is 0 Å². The van der Waals surface area contributed by atoms with Crippen LogP contribution < -0.4 is 25.2 Å². The van der Waals surface area contributed by atoms with Gasteiger partial charge in [-0.2, -0.15) is 4.68 Å². The molecule has 59 heavy (non-hydrogen) atoms. The molecule has 2 heterocycles. The van der Waals surface area contributed by atoms with Crippen molar-refractivity contribution in [3.05, 3.63) is 107 Å². The van der Waals surface area contributed by atoms with Crippen LogP contribution in [0.2, 0.25) is 0 Å². The van der Waals surface area contributed by atoms with Crippen LogP contribution in [0, 0.1) is 0 Å². The Labute approximate surface area is 345 Å². The fourth-order valence-electron chi connectivity index (χ4n) is 5.64. The second-order valence-electron chi connectivity index (χ2n) is 15.3. The SMILES string of the molecule is C[n+]1cc2cc(OCC(O/N=C(\C(=O)[O-])c3csc(NC(=O)OC(C)(C)C)n3)C(=O)OC(c3ccccc3)c3ccccc3)ccc2n1CCCNC(=O)OC(C)(C)C. The lowest BCUT2D eigenvalue weighted by atomic mass is 10.0. The number of benzene rings is 3. The predicted molar refractivity (Wildman–Crippen MR) is 217 cm³/mol. The first-order chi connectivity index (χ1) is 28.0. The van der Waals surface area contributed by atoms with Crippen LogP contribution in [-0.4, -0.2) is 70.0 Å². The molecular formula is C42H48N6O10S. The average Bonchev–Trinajstić information content (AvgIpc) is 3.75. The van der Waals surface area contributed by atoms with Gasteiger partial charge in [-0.25, -0.2) is 19.4 Å². The second kappa shape index (κ2) is 19.3. The smallest absolute Gasteiger partial charge is 0.413 e. The van der Waals surface area contributed by atoms with E-state index in [-0.39, 0.29) is 10.8 Å². The number of rotatable bonds is 16. The zero-order chi connectivity index (χ0) is 42.7. The van der Waals surface area contributed by atoms with Crippen molar-refractivity contribution < 1.29 is 52.8 Å². The van der Waals surface area contributed by atoms with E-state index >= 15 is 0 Å². The summed E-state index contributed by atoms with van der Waals surface area (Å²) in [7, 11) is 1.89. The van der Waals surface area contributed by atoms with Gasteiger partial charge in [-0.05, 0) is 77.3 Å². The number of aliphatic carboxylic acids is 1. The number of thiazole rings is 1. The lowest BCUT2D eigenvalue weighted by Gasteiger charge is -2.22. The first-order valence-corrected chi connectivity index (χ1v) is 19.6. The number of ether oxygens (including phenoxy) is 4. The van der Waals surface area contributed by atoms with Crippen molar-refractivity contribution >= 4 is 57.2 Å². The zero-order valence-electron chi connectivity index (χ0n) is 33.9. The van der Waals surface area contributed by atoms with Gasteiger partial charge in [0.15, 0.2) is 24.0 Å². The van der Waals surface area contributed by atoms with Crippen LogP contribution in [-0.2, 0) is 42.2 Å². The molecule has 1 atom stereocenters. The number of esters is 1. The largest absolute Gasteiger partial charge is 0.543 e. The number of carbonyl (C=O) groups excluding carboxylic acids is 4. The summed E-state index contributed by atoms with van der Waals surface area (Å²) in [6, 6.07) is 23.6. The number of alkyl carbamates (subject to hydrolysis) is 1. The van der Waals surface area contributed by atoms with Crippen LogP contribution in [0.1, 0.15) is 70.9 Å². The van der Waals surface area contributed by atoms with Crippen molar-refractivity contribution in [1.29, 1.82) is 0 Å². The quantitative estimate of drug-likeness (QED) is 0.0321. The summed E-state index contributed by atoms with van der Waals surface area (Å²) >= 11 is 0.921. The normalized spacial score (nSPS) is 12.4. The monoisotopic (exact) mass is 828 g/mol. The third-order valence-corrected chi connectivity index (χ3v) is 8.88. The molecule has 0 bridgehead atoms. The Bertz CT molecular complexity index is 2220. The number of amides is 2. The molecular weight excluding hydrogens is 781 g/mol. The van der Waals surface area contributed by atoms with Gasteiger partial charge in [0.25, 0.3) is 6.10 Å². The third-order valence-electron chi connectivity index (χ3n) is 8.12. The summed E-state index contributed by atoms with van der Waals surface area (Å²) in [5.41, 5.74) is -0.0412. The topological polar surface area (TPSA) is 196 Å². The van der Waals surface area contributed by atoms with Crippen LogP contribution in [0.4, 0.5) is 14.7 Å². The highest BCUT2D eigenvalue weighted by Crippen LogP contribution is 2.28. The summed E-state index contributed by atoms with van der Waals surface area (Å²) in [4.78, 5) is 60.4. The van der Waals surface area contributed by atoms with E-state index in [0.29, 0.717) is 36.4 Å². The number of carboxylic acid groups (broad SMARTS) is 1. The summed E-state index contributed by atoms with van der Waals surface area (Å²) in [5, 5.41) is 23.5. The molecule has 0 saturated heterocycles. The molecule has 312 valence electrons. The van der Waals surface area contributed by atoms with E-state index in [1.807, 2.05) is 89.3 Å². The molecule has 2 N–H and O–H groups in total. The van der Waals surface area contributed by atoms with Gasteiger partial charge in [-0.1, -0.05) is 65.8 Å². The maximum absolute atomic E-state index is 14.0. The maximum Gasteiger partial charge on any atom is 0.413 e. The molecule has 0 aliphatic rings. The van der Waals surface area contributed by atoms with Crippen molar-refractivity contribution in [2.75, 3.05) is 18.5 Å². The molecule has 5 rings (SSSR count). The molecule has 16 nitrogen and oxygen atoms in total. The molecule has 2 aromatic heterocycles. The Morgan fingerprint density at radius 2 is 1.53 bits per heavy atom. The standard InChI is InChI=1S/C42H48N6O10S/c1-41(2,3)56-39(52)43-21-14-22-48-32-20-19-30(23-29(32)24-47(48)7)54-25-33(37(51)55-35(27-15-10-8-11-16-27)28-17-12-9-13-18-28)58-46-34(36(49)50)31-26-59-38(44-31)45-40(53)57-42(4,5)6/h8-13,15-20,23-24,26,33,35H,14,21-22,25H2,1-7H3,(H2-,43,44,45,49,50,52,53)/b46-34-. The van der Waals surface area contributed by atoms with E-state index in [0.717, 1.165) is 22.2 Å². The number of oxime groups is 1. The van der Waals surface area contributed by atoms with E-state index in [2.05, 4.69) is 20.8 Å². The van der Waals surface area contributed by atoms with Crippen LogP contribution >= 0.6 is 11.3 Å². The summed E-state index contributed by atoms with van der Waals surface area (Å²) < 4.78 is 26.6. The van der Waals surface area contributed by atoms with Gasteiger partial charge in [0.1, 0.15) is 34.8 Å². The molecule has 3 aromatic carbocycles. The Kier molecular flexibility index (Phi) is 14.3. The number of hydrogen-bond acceptors (Lipinski definition) is 13. The molecule has 0 radical (unpaired) electrons. The number of carbonyl (C=O) groups is 4. The number of fused-ring (bicyclic) bond motifs is 1. The highest BCUT2D eigenvalue weighted by atomic mass is 32.1. The Balaban J connectivity index is 1.36. The van der Waals surface area contributed by atoms with Crippen LogP contribution in [0.3, 0.4) is 0 Å². The summed E-state index contributed by atoms with van der Waals surface area (Å²) in [6.07, 6.45) is -1.15.